The molecule has 31 heavy (non-hydrogen) atoms. The Morgan fingerprint density at radius 1 is 1.32 bits per heavy atom. The number of allylic oxidation sites excluding steroid dienone is 1. The molecule has 0 bridgehead atoms. The number of aromatic nitrogens is 2. The van der Waals surface area contributed by atoms with E-state index in [2.05, 4.69) is 10.3 Å². The highest BCUT2D eigenvalue weighted by Gasteiger charge is 2.31. The van der Waals surface area contributed by atoms with Crippen LogP contribution in [0.2, 0.25) is 0 Å². The second-order valence-electron chi connectivity index (χ2n) is 7.29. The first-order valence-corrected chi connectivity index (χ1v) is 9.61. The molecule has 1 aliphatic heterocycles. The van der Waals surface area contributed by atoms with Crippen LogP contribution in [0, 0.1) is 18.6 Å². The second-order valence-corrected chi connectivity index (χ2v) is 7.29. The predicted octanol–water partition coefficient (Wildman–Crippen LogP) is 2.24. The quantitative estimate of drug-likeness (QED) is 0.702. The summed E-state index contributed by atoms with van der Waals surface area (Å²) in [5.41, 5.74) is 1.11. The van der Waals surface area contributed by atoms with Crippen molar-refractivity contribution in [1.29, 1.82) is 0 Å². The fourth-order valence-electron chi connectivity index (χ4n) is 3.46. The van der Waals surface area contributed by atoms with Gasteiger partial charge in [0.2, 0.25) is 0 Å². The van der Waals surface area contributed by atoms with Gasteiger partial charge in [-0.25, -0.2) is 13.8 Å². The Bertz CT molecular complexity index is 1070. The van der Waals surface area contributed by atoms with E-state index in [1.807, 2.05) is 6.92 Å². The van der Waals surface area contributed by atoms with Crippen LogP contribution >= 0.6 is 0 Å². The number of hydrogen-bond donors (Lipinski definition) is 1. The van der Waals surface area contributed by atoms with Gasteiger partial charge in [-0.05, 0) is 31.7 Å². The summed E-state index contributed by atoms with van der Waals surface area (Å²) in [6.07, 6.45) is 2.98. The smallest absolute Gasteiger partial charge is 0.268 e. The number of aryl methyl sites for hydroxylation is 1. The van der Waals surface area contributed by atoms with Crippen LogP contribution in [0.15, 0.2) is 41.0 Å². The number of halogens is 2. The third-order valence-corrected chi connectivity index (χ3v) is 5.18. The number of pyridine rings is 2. The van der Waals surface area contributed by atoms with Crippen LogP contribution in [0.1, 0.15) is 30.8 Å². The average molecular weight is 434 g/mol. The summed E-state index contributed by atoms with van der Waals surface area (Å²) in [6.45, 7) is 3.37. The lowest BCUT2D eigenvalue weighted by molar-refractivity contribution is -0.171. The molecule has 166 valence electrons. The van der Waals surface area contributed by atoms with Crippen LogP contribution in [0.4, 0.5) is 8.78 Å². The highest BCUT2D eigenvalue weighted by molar-refractivity contribution is 5.81. The first-order chi connectivity index (χ1) is 14.7. The zero-order valence-corrected chi connectivity index (χ0v) is 17.7. The van der Waals surface area contributed by atoms with Crippen molar-refractivity contribution in [3.8, 4) is 5.75 Å². The van der Waals surface area contributed by atoms with E-state index in [-0.39, 0.29) is 35.6 Å². The van der Waals surface area contributed by atoms with Crippen LogP contribution in [-0.4, -0.2) is 40.7 Å². The van der Waals surface area contributed by atoms with Crippen LogP contribution < -0.4 is 15.6 Å². The van der Waals surface area contributed by atoms with Crippen LogP contribution in [0.25, 0.3) is 0 Å². The molecule has 8 nitrogen and oxygen atoms in total. The highest BCUT2D eigenvalue weighted by atomic mass is 19.1. The summed E-state index contributed by atoms with van der Waals surface area (Å²) in [4.78, 5) is 33.9. The Hall–Kier alpha value is -3.27. The van der Waals surface area contributed by atoms with Crippen LogP contribution in [-0.2, 0) is 16.2 Å². The summed E-state index contributed by atoms with van der Waals surface area (Å²) in [5.74, 6) is -1.61. The molecule has 1 aliphatic rings. The number of carbonyl (C=O) groups is 1. The Kier molecular flexibility index (Phi) is 6.69. The lowest BCUT2D eigenvalue weighted by Gasteiger charge is -2.32. The third-order valence-electron chi connectivity index (χ3n) is 5.18. The molecule has 1 N–H and O–H groups in total. The van der Waals surface area contributed by atoms with E-state index in [1.54, 1.807) is 23.8 Å². The summed E-state index contributed by atoms with van der Waals surface area (Å²) in [6, 6.07) is 2.78. The molecule has 0 radical (unpaired) electrons. The molecule has 2 aromatic rings. The molecule has 0 spiro atoms. The number of ether oxygens (including phenoxy) is 1. The van der Waals surface area contributed by atoms with Gasteiger partial charge in [-0.15, -0.1) is 0 Å². The van der Waals surface area contributed by atoms with Gasteiger partial charge in [0.1, 0.15) is 29.9 Å². The Morgan fingerprint density at radius 2 is 2.06 bits per heavy atom. The summed E-state index contributed by atoms with van der Waals surface area (Å²) in [5, 5.41) is 4.18. The van der Waals surface area contributed by atoms with Gasteiger partial charge in [-0.1, -0.05) is 0 Å². The van der Waals surface area contributed by atoms with Gasteiger partial charge in [0.25, 0.3) is 11.5 Å². The Morgan fingerprint density at radius 3 is 2.71 bits per heavy atom. The molecule has 0 saturated heterocycles. The normalized spacial score (nSPS) is 18.2. The van der Waals surface area contributed by atoms with Crippen LogP contribution in [0.5, 0.6) is 5.75 Å². The van der Waals surface area contributed by atoms with Gasteiger partial charge in [-0.2, -0.15) is 0 Å². The van der Waals surface area contributed by atoms with Crippen molar-refractivity contribution in [2.45, 2.75) is 39.0 Å². The zero-order valence-electron chi connectivity index (χ0n) is 17.7. The van der Waals surface area contributed by atoms with E-state index >= 15 is 0 Å². The minimum atomic E-state index is -0.822. The zero-order chi connectivity index (χ0) is 22.7. The molecule has 3 heterocycles. The fraction of sp³-hybridized carbons (Fsp3) is 0.381. The largest absolute Gasteiger partial charge is 0.487 e. The minimum absolute atomic E-state index is 0.0658. The molecule has 3 rings (SSSR count). The first-order valence-electron chi connectivity index (χ1n) is 9.61. The Balaban J connectivity index is 1.81. The van der Waals surface area contributed by atoms with E-state index in [0.29, 0.717) is 12.1 Å². The van der Waals surface area contributed by atoms with E-state index in [9.17, 15) is 18.4 Å². The topological polar surface area (TPSA) is 85.7 Å². The SMILES string of the molecule is CON(C)C(=O)[C@H]1C[C@@H](n2c(C)cc(OCc3ncc(F)cc3F)cc2=O)C(C)=CN1. The molecule has 2 atom stereocenters. The molecule has 1 amide bonds. The van der Waals surface area contributed by atoms with E-state index in [4.69, 9.17) is 9.57 Å². The minimum Gasteiger partial charge on any atom is -0.487 e. The van der Waals surface area contributed by atoms with Crippen molar-refractivity contribution in [2.24, 2.45) is 0 Å². The number of likely N-dealkylation sites (N-methyl/N-ethyl adjacent to an activating group) is 1. The van der Waals surface area contributed by atoms with Gasteiger partial charge in [0.05, 0.1) is 19.3 Å². The van der Waals surface area contributed by atoms with Crippen molar-refractivity contribution >= 4 is 5.91 Å². The number of nitrogens with zero attached hydrogens (tertiary/aromatic N) is 3. The maximum absolute atomic E-state index is 13.7. The highest BCUT2D eigenvalue weighted by Crippen LogP contribution is 2.28. The number of rotatable bonds is 6. The van der Waals surface area contributed by atoms with Crippen molar-refractivity contribution in [3.05, 3.63) is 69.5 Å². The first kappa shape index (κ1) is 22.4. The van der Waals surface area contributed by atoms with Crippen molar-refractivity contribution < 1.29 is 23.1 Å². The molecule has 10 heteroatoms. The third kappa shape index (κ3) is 4.91. The number of carbonyl (C=O) groups excluding carboxylic acids is 1. The second kappa shape index (κ2) is 9.25. The lowest BCUT2D eigenvalue weighted by atomic mass is 9.96. The number of hydrogen-bond acceptors (Lipinski definition) is 6. The molecule has 0 fully saturated rings. The van der Waals surface area contributed by atoms with Gasteiger partial charge < -0.3 is 14.6 Å². The molecular weight excluding hydrogens is 410 g/mol. The maximum atomic E-state index is 13.7. The molecule has 0 saturated carbocycles. The molecule has 0 aromatic carbocycles. The number of nitrogens with one attached hydrogen (secondary N) is 1. The lowest BCUT2D eigenvalue weighted by Crippen LogP contribution is -2.47. The van der Waals surface area contributed by atoms with Crippen molar-refractivity contribution in [1.82, 2.24) is 19.9 Å². The molecule has 0 aliphatic carbocycles. The summed E-state index contributed by atoms with van der Waals surface area (Å²) < 4.78 is 33.8. The monoisotopic (exact) mass is 434 g/mol. The van der Waals surface area contributed by atoms with Gasteiger partial charge in [-0.3, -0.25) is 19.4 Å². The van der Waals surface area contributed by atoms with E-state index in [0.717, 1.165) is 22.9 Å². The molecular formula is C21H24F2N4O4. The average Bonchev–Trinajstić information content (AvgIpc) is 2.72. The number of amides is 1. The van der Waals surface area contributed by atoms with Crippen molar-refractivity contribution in [2.75, 3.05) is 14.2 Å². The maximum Gasteiger partial charge on any atom is 0.268 e. The predicted molar refractivity (Wildman–Crippen MR) is 108 cm³/mol. The molecule has 0 unspecified atom stereocenters. The fourth-order valence-corrected chi connectivity index (χ4v) is 3.46. The van der Waals surface area contributed by atoms with Gasteiger partial charge >= 0.3 is 0 Å². The van der Waals surface area contributed by atoms with Crippen molar-refractivity contribution in [3.63, 3.8) is 0 Å². The van der Waals surface area contributed by atoms with Crippen LogP contribution in [0.3, 0.4) is 0 Å². The van der Waals surface area contributed by atoms with Gasteiger partial charge in [0, 0.05) is 31.3 Å². The summed E-state index contributed by atoms with van der Waals surface area (Å²) in [7, 11) is 2.92. The van der Waals surface area contributed by atoms with E-state index < -0.39 is 17.7 Å². The Labute approximate surface area is 178 Å². The molecule has 2 aromatic heterocycles. The number of hydroxylamine groups is 2. The van der Waals surface area contributed by atoms with Gasteiger partial charge in [0.15, 0.2) is 5.82 Å². The van der Waals surface area contributed by atoms with E-state index in [1.165, 1.54) is 20.2 Å². The standard InChI is InChI=1S/C21H24F2N4O4/c1-12-9-24-17(21(29)26(3)30-4)8-19(12)27-13(2)5-15(7-20(27)28)31-11-18-16(23)6-14(22)10-25-18/h5-7,9-10,17,19,24H,8,11H2,1-4H3/t17-,19-/m1/s1. The summed E-state index contributed by atoms with van der Waals surface area (Å²) >= 11 is 0.